The third kappa shape index (κ3) is 3.09. The number of rotatable bonds is 3. The Morgan fingerprint density at radius 3 is 2.43 bits per heavy atom. The molecular formula is C12H21BrO. The fourth-order valence-corrected chi connectivity index (χ4v) is 2.49. The molecule has 0 N–H and O–H groups in total. The summed E-state index contributed by atoms with van der Waals surface area (Å²) in [5.74, 6) is 0.552. The normalized spacial score (nSPS) is 29.9. The average molecular weight is 261 g/mol. The summed E-state index contributed by atoms with van der Waals surface area (Å²) in [6, 6.07) is 0. The highest BCUT2D eigenvalue weighted by molar-refractivity contribution is 9.09. The first-order valence-electron chi connectivity index (χ1n) is 5.30. The molecule has 1 heterocycles. The highest BCUT2D eigenvalue weighted by atomic mass is 79.9. The molecule has 0 saturated carbocycles. The standard InChI is InChI=1S/C12H21BrO/c1-11(2)9-10(7-5-6-8-13)12(3,4)14-11/h5,7,10H,6,8-9H2,1-4H3/b7-5+. The van der Waals surface area contributed by atoms with Gasteiger partial charge in [-0.25, -0.2) is 0 Å². The monoisotopic (exact) mass is 260 g/mol. The Morgan fingerprint density at radius 2 is 2.00 bits per heavy atom. The van der Waals surface area contributed by atoms with E-state index in [-0.39, 0.29) is 11.2 Å². The Balaban J connectivity index is 2.61. The molecule has 1 atom stereocenters. The second kappa shape index (κ2) is 4.36. The maximum atomic E-state index is 6.02. The lowest BCUT2D eigenvalue weighted by molar-refractivity contribution is -0.0706. The van der Waals surface area contributed by atoms with Gasteiger partial charge in [0.1, 0.15) is 0 Å². The van der Waals surface area contributed by atoms with Crippen molar-refractivity contribution in [2.45, 2.75) is 51.7 Å². The van der Waals surface area contributed by atoms with Crippen LogP contribution in [0.1, 0.15) is 40.5 Å². The van der Waals surface area contributed by atoms with E-state index in [0.717, 1.165) is 18.2 Å². The minimum absolute atomic E-state index is 0.00763. The lowest BCUT2D eigenvalue weighted by Crippen LogP contribution is -2.28. The van der Waals surface area contributed by atoms with Gasteiger partial charge in [0.15, 0.2) is 0 Å². The molecule has 0 aromatic rings. The molecule has 14 heavy (non-hydrogen) atoms. The summed E-state index contributed by atoms with van der Waals surface area (Å²) < 4.78 is 6.02. The van der Waals surface area contributed by atoms with E-state index in [1.165, 1.54) is 0 Å². The molecule has 0 aromatic carbocycles. The Morgan fingerprint density at radius 1 is 1.36 bits per heavy atom. The number of hydrogen-bond acceptors (Lipinski definition) is 1. The van der Waals surface area contributed by atoms with Crippen LogP contribution in [0.25, 0.3) is 0 Å². The number of allylic oxidation sites excluding steroid dienone is 1. The second-order valence-corrected chi connectivity index (χ2v) is 5.97. The summed E-state index contributed by atoms with van der Waals surface area (Å²) in [5, 5.41) is 1.04. The molecule has 1 aliphatic heterocycles. The van der Waals surface area contributed by atoms with Gasteiger partial charge in [0.2, 0.25) is 0 Å². The molecule has 1 fully saturated rings. The number of ether oxygens (including phenoxy) is 1. The zero-order valence-electron chi connectivity index (χ0n) is 9.64. The van der Waals surface area contributed by atoms with E-state index < -0.39 is 0 Å². The van der Waals surface area contributed by atoms with E-state index in [9.17, 15) is 0 Å². The van der Waals surface area contributed by atoms with Crippen LogP contribution in [-0.4, -0.2) is 16.5 Å². The van der Waals surface area contributed by atoms with Gasteiger partial charge in [-0.1, -0.05) is 28.1 Å². The van der Waals surface area contributed by atoms with Crippen LogP contribution >= 0.6 is 15.9 Å². The van der Waals surface area contributed by atoms with Crippen LogP contribution in [0.2, 0.25) is 0 Å². The first-order chi connectivity index (χ1) is 6.37. The smallest absolute Gasteiger partial charge is 0.0697 e. The summed E-state index contributed by atoms with van der Waals surface area (Å²) >= 11 is 3.43. The van der Waals surface area contributed by atoms with Gasteiger partial charge in [0, 0.05) is 11.2 Å². The molecule has 2 heteroatoms. The van der Waals surface area contributed by atoms with Crippen molar-refractivity contribution >= 4 is 15.9 Å². The van der Waals surface area contributed by atoms with Crippen molar-refractivity contribution in [2.75, 3.05) is 5.33 Å². The van der Waals surface area contributed by atoms with Gasteiger partial charge in [-0.3, -0.25) is 0 Å². The van der Waals surface area contributed by atoms with Gasteiger partial charge < -0.3 is 4.74 Å². The summed E-state index contributed by atoms with van der Waals surface area (Å²) in [6.45, 7) is 8.72. The van der Waals surface area contributed by atoms with E-state index in [4.69, 9.17) is 4.74 Å². The number of hydrogen-bond donors (Lipinski definition) is 0. The van der Waals surface area contributed by atoms with E-state index in [0.29, 0.717) is 5.92 Å². The van der Waals surface area contributed by atoms with Crippen LogP contribution in [0.15, 0.2) is 12.2 Å². The zero-order chi connectivity index (χ0) is 10.8. The first kappa shape index (κ1) is 12.3. The minimum atomic E-state index is -0.00763. The maximum absolute atomic E-state index is 6.02. The topological polar surface area (TPSA) is 9.23 Å². The van der Waals surface area contributed by atoms with Gasteiger partial charge in [-0.15, -0.1) is 0 Å². The summed E-state index contributed by atoms with van der Waals surface area (Å²) in [6.07, 6.45) is 6.80. The molecule has 0 aliphatic carbocycles. The van der Waals surface area contributed by atoms with Crippen molar-refractivity contribution < 1.29 is 4.74 Å². The number of halogens is 1. The van der Waals surface area contributed by atoms with Crippen molar-refractivity contribution in [3.63, 3.8) is 0 Å². The highest BCUT2D eigenvalue weighted by Gasteiger charge is 2.44. The van der Waals surface area contributed by atoms with Gasteiger partial charge in [0.25, 0.3) is 0 Å². The van der Waals surface area contributed by atoms with Crippen LogP contribution in [0.3, 0.4) is 0 Å². The van der Waals surface area contributed by atoms with Crippen LogP contribution in [0.4, 0.5) is 0 Å². The van der Waals surface area contributed by atoms with Crippen molar-refractivity contribution in [2.24, 2.45) is 5.92 Å². The zero-order valence-corrected chi connectivity index (χ0v) is 11.2. The first-order valence-corrected chi connectivity index (χ1v) is 6.42. The molecule has 82 valence electrons. The molecule has 1 nitrogen and oxygen atoms in total. The van der Waals surface area contributed by atoms with Crippen LogP contribution in [-0.2, 0) is 4.74 Å². The average Bonchev–Trinajstić information content (AvgIpc) is 2.20. The summed E-state index contributed by atoms with van der Waals surface area (Å²) in [5.41, 5.74) is 0.0270. The summed E-state index contributed by atoms with van der Waals surface area (Å²) in [4.78, 5) is 0. The quantitative estimate of drug-likeness (QED) is 0.552. The molecule has 1 aliphatic rings. The molecule has 0 bridgehead atoms. The summed E-state index contributed by atoms with van der Waals surface area (Å²) in [7, 11) is 0. The van der Waals surface area contributed by atoms with Gasteiger partial charge >= 0.3 is 0 Å². The van der Waals surface area contributed by atoms with E-state index >= 15 is 0 Å². The van der Waals surface area contributed by atoms with E-state index in [2.05, 4.69) is 55.8 Å². The van der Waals surface area contributed by atoms with Gasteiger partial charge in [-0.05, 0) is 40.5 Å². The predicted molar refractivity (Wildman–Crippen MR) is 64.9 cm³/mol. The molecule has 1 unspecified atom stereocenters. The number of alkyl halides is 1. The van der Waals surface area contributed by atoms with Crippen molar-refractivity contribution in [1.82, 2.24) is 0 Å². The Bertz CT molecular complexity index is 218. The minimum Gasteiger partial charge on any atom is -0.369 e. The molecule has 0 aromatic heterocycles. The largest absolute Gasteiger partial charge is 0.369 e. The lowest BCUT2D eigenvalue weighted by atomic mass is 9.87. The second-order valence-electron chi connectivity index (χ2n) is 5.18. The van der Waals surface area contributed by atoms with Crippen molar-refractivity contribution in [1.29, 1.82) is 0 Å². The Kier molecular flexibility index (Phi) is 3.81. The van der Waals surface area contributed by atoms with Crippen molar-refractivity contribution in [3.8, 4) is 0 Å². The van der Waals surface area contributed by atoms with E-state index in [1.807, 2.05) is 0 Å². The third-order valence-corrected chi connectivity index (χ3v) is 3.25. The molecule has 0 amide bonds. The Labute approximate surface area is 96.0 Å². The van der Waals surface area contributed by atoms with Crippen molar-refractivity contribution in [3.05, 3.63) is 12.2 Å². The lowest BCUT2D eigenvalue weighted by Gasteiger charge is -2.25. The van der Waals surface area contributed by atoms with Crippen LogP contribution < -0.4 is 0 Å². The molecular weight excluding hydrogens is 240 g/mol. The molecule has 0 radical (unpaired) electrons. The maximum Gasteiger partial charge on any atom is 0.0697 e. The Hall–Kier alpha value is 0.180. The highest BCUT2D eigenvalue weighted by Crippen LogP contribution is 2.42. The van der Waals surface area contributed by atoms with Gasteiger partial charge in [-0.2, -0.15) is 0 Å². The van der Waals surface area contributed by atoms with Gasteiger partial charge in [0.05, 0.1) is 11.2 Å². The third-order valence-electron chi connectivity index (χ3n) is 2.79. The van der Waals surface area contributed by atoms with Crippen LogP contribution in [0.5, 0.6) is 0 Å². The molecule has 1 rings (SSSR count). The SMILES string of the molecule is CC1(C)CC(/C=C/CCBr)C(C)(C)O1. The fourth-order valence-electron chi connectivity index (χ4n) is 2.23. The molecule has 1 saturated heterocycles. The predicted octanol–water partition coefficient (Wildman–Crippen LogP) is 3.92. The van der Waals surface area contributed by atoms with E-state index in [1.54, 1.807) is 0 Å². The fraction of sp³-hybridized carbons (Fsp3) is 0.833. The van der Waals surface area contributed by atoms with Crippen LogP contribution in [0, 0.1) is 5.92 Å². The molecule has 0 spiro atoms.